The molecule has 1 atom stereocenters. The molecule has 0 aliphatic heterocycles. The molecule has 0 aromatic heterocycles. The van der Waals surface area contributed by atoms with Crippen molar-refractivity contribution < 1.29 is 27.5 Å². The summed E-state index contributed by atoms with van der Waals surface area (Å²) in [5.74, 6) is 0.282. The summed E-state index contributed by atoms with van der Waals surface area (Å²) in [5, 5.41) is 5.21. The molecular formula is C25H23F3N2O3. The molecule has 0 spiro atoms. The van der Waals surface area contributed by atoms with Gasteiger partial charge in [-0.3, -0.25) is 9.59 Å². The minimum atomic E-state index is -4.49. The van der Waals surface area contributed by atoms with E-state index in [-0.39, 0.29) is 30.4 Å². The summed E-state index contributed by atoms with van der Waals surface area (Å²) in [4.78, 5) is 24.5. The Morgan fingerprint density at radius 3 is 1.97 bits per heavy atom. The third kappa shape index (κ3) is 7.68. The average Bonchev–Trinajstić information content (AvgIpc) is 2.75. The fourth-order valence-electron chi connectivity index (χ4n) is 3.13. The molecule has 0 aliphatic rings. The zero-order valence-corrected chi connectivity index (χ0v) is 17.9. The molecule has 0 aliphatic carbocycles. The van der Waals surface area contributed by atoms with Crippen molar-refractivity contribution in [2.45, 2.75) is 25.9 Å². The van der Waals surface area contributed by atoms with Crippen LogP contribution in [0, 0.1) is 5.92 Å². The number of alkyl halides is 3. The molecule has 2 N–H and O–H groups in total. The van der Waals surface area contributed by atoms with Gasteiger partial charge in [0.1, 0.15) is 11.5 Å². The molecule has 5 nitrogen and oxygen atoms in total. The summed E-state index contributed by atoms with van der Waals surface area (Å²) in [5.41, 5.74) is -0.196. The fourth-order valence-corrected chi connectivity index (χ4v) is 3.13. The second-order valence-electron chi connectivity index (χ2n) is 7.63. The highest BCUT2D eigenvalue weighted by atomic mass is 19.4. The maximum atomic E-state index is 12.8. The van der Waals surface area contributed by atoms with Crippen molar-refractivity contribution in [2.24, 2.45) is 5.92 Å². The van der Waals surface area contributed by atoms with Crippen molar-refractivity contribution in [1.29, 1.82) is 0 Å². The molecule has 33 heavy (non-hydrogen) atoms. The quantitative estimate of drug-likeness (QED) is 0.407. The molecule has 3 aromatic rings. The highest BCUT2D eigenvalue weighted by Gasteiger charge is 2.30. The van der Waals surface area contributed by atoms with E-state index in [1.54, 1.807) is 31.2 Å². The second-order valence-corrected chi connectivity index (χ2v) is 7.63. The van der Waals surface area contributed by atoms with Gasteiger partial charge in [0.25, 0.3) is 0 Å². The Labute approximate surface area is 189 Å². The Morgan fingerprint density at radius 1 is 0.788 bits per heavy atom. The molecule has 3 rings (SSSR count). The van der Waals surface area contributed by atoms with Gasteiger partial charge in [0.15, 0.2) is 0 Å². The number of carbonyl (C=O) groups excluding carboxylic acids is 2. The van der Waals surface area contributed by atoms with Gasteiger partial charge in [-0.15, -0.1) is 0 Å². The van der Waals surface area contributed by atoms with Crippen molar-refractivity contribution in [3.63, 3.8) is 0 Å². The van der Waals surface area contributed by atoms with Crippen molar-refractivity contribution in [1.82, 2.24) is 0 Å². The van der Waals surface area contributed by atoms with Gasteiger partial charge in [0, 0.05) is 24.2 Å². The van der Waals surface area contributed by atoms with Gasteiger partial charge in [0.2, 0.25) is 11.8 Å². The highest BCUT2D eigenvalue weighted by molar-refractivity contribution is 5.93. The number of benzene rings is 3. The minimum absolute atomic E-state index is 0.00643. The van der Waals surface area contributed by atoms with Crippen molar-refractivity contribution >= 4 is 23.2 Å². The lowest BCUT2D eigenvalue weighted by molar-refractivity contribution is -0.137. The van der Waals surface area contributed by atoms with Crippen LogP contribution in [0.1, 0.15) is 25.3 Å². The number of nitrogens with one attached hydrogen (secondary N) is 2. The monoisotopic (exact) mass is 456 g/mol. The molecule has 0 bridgehead atoms. The summed E-state index contributed by atoms with van der Waals surface area (Å²) in [6, 6.07) is 20.6. The van der Waals surface area contributed by atoms with Gasteiger partial charge in [-0.1, -0.05) is 31.2 Å². The predicted molar refractivity (Wildman–Crippen MR) is 120 cm³/mol. The standard InChI is InChI=1S/C25H23F3N2O3/c1-17(15-24(32)30-20-7-5-6-18(16-20)25(26,27)28)14-23(31)29-19-10-12-22(13-11-19)33-21-8-3-2-4-9-21/h2-13,16-17H,14-15H2,1H3,(H,29,31)(H,30,32). The van der Waals surface area contributed by atoms with E-state index in [9.17, 15) is 22.8 Å². The van der Waals surface area contributed by atoms with Gasteiger partial charge in [-0.2, -0.15) is 13.2 Å². The number of rotatable bonds is 8. The molecule has 0 saturated carbocycles. The van der Waals surface area contributed by atoms with E-state index in [4.69, 9.17) is 4.74 Å². The number of amides is 2. The van der Waals surface area contributed by atoms with Gasteiger partial charge in [-0.25, -0.2) is 0 Å². The molecule has 0 heterocycles. The third-order valence-electron chi connectivity index (χ3n) is 4.66. The first-order valence-electron chi connectivity index (χ1n) is 10.3. The molecule has 2 amide bonds. The van der Waals surface area contributed by atoms with Crippen molar-refractivity contribution in [3.05, 3.63) is 84.4 Å². The van der Waals surface area contributed by atoms with Crippen LogP contribution in [-0.2, 0) is 15.8 Å². The Morgan fingerprint density at radius 2 is 1.36 bits per heavy atom. The van der Waals surface area contributed by atoms with Crippen LogP contribution in [0.4, 0.5) is 24.5 Å². The van der Waals surface area contributed by atoms with E-state index in [1.165, 1.54) is 12.1 Å². The van der Waals surface area contributed by atoms with Gasteiger partial charge < -0.3 is 15.4 Å². The van der Waals surface area contributed by atoms with Gasteiger partial charge >= 0.3 is 6.18 Å². The Balaban J connectivity index is 1.46. The van der Waals surface area contributed by atoms with E-state index >= 15 is 0 Å². The minimum Gasteiger partial charge on any atom is -0.457 e. The zero-order valence-electron chi connectivity index (χ0n) is 17.9. The summed E-state index contributed by atoms with van der Waals surface area (Å²) < 4.78 is 44.1. The first-order chi connectivity index (χ1) is 15.7. The summed E-state index contributed by atoms with van der Waals surface area (Å²) in [7, 11) is 0. The van der Waals surface area contributed by atoms with E-state index in [0.29, 0.717) is 17.2 Å². The summed E-state index contributed by atoms with van der Waals surface area (Å²) in [6.45, 7) is 1.72. The second kappa shape index (κ2) is 10.7. The van der Waals surface area contributed by atoms with Gasteiger partial charge in [0.05, 0.1) is 5.56 Å². The van der Waals surface area contributed by atoms with E-state index in [2.05, 4.69) is 10.6 Å². The summed E-state index contributed by atoms with van der Waals surface area (Å²) >= 11 is 0. The lowest BCUT2D eigenvalue weighted by Gasteiger charge is -2.13. The molecule has 3 aromatic carbocycles. The van der Waals surface area contributed by atoms with Crippen LogP contribution in [0.2, 0.25) is 0 Å². The van der Waals surface area contributed by atoms with Crippen LogP contribution >= 0.6 is 0 Å². The Bertz CT molecular complexity index is 1080. The van der Waals surface area contributed by atoms with Crippen LogP contribution in [0.3, 0.4) is 0 Å². The van der Waals surface area contributed by atoms with E-state index < -0.39 is 17.6 Å². The molecule has 0 fully saturated rings. The Kier molecular flexibility index (Phi) is 7.71. The maximum absolute atomic E-state index is 12.8. The van der Waals surface area contributed by atoms with Crippen LogP contribution in [0.25, 0.3) is 0 Å². The van der Waals surface area contributed by atoms with Crippen LogP contribution < -0.4 is 15.4 Å². The van der Waals surface area contributed by atoms with Gasteiger partial charge in [-0.05, 0) is 60.5 Å². The number of anilines is 2. The SMILES string of the molecule is CC(CC(=O)Nc1ccc(Oc2ccccc2)cc1)CC(=O)Nc1cccc(C(F)(F)F)c1. The zero-order chi connectivity index (χ0) is 23.8. The number of hydrogen-bond donors (Lipinski definition) is 2. The molecule has 0 radical (unpaired) electrons. The largest absolute Gasteiger partial charge is 0.457 e. The molecular weight excluding hydrogens is 433 g/mol. The van der Waals surface area contributed by atoms with Crippen LogP contribution in [-0.4, -0.2) is 11.8 Å². The van der Waals surface area contributed by atoms with E-state index in [1.807, 2.05) is 30.3 Å². The number of para-hydroxylation sites is 1. The molecule has 1 unspecified atom stereocenters. The molecule has 172 valence electrons. The predicted octanol–water partition coefficient (Wildman–Crippen LogP) is 6.49. The van der Waals surface area contributed by atoms with Crippen molar-refractivity contribution in [2.75, 3.05) is 10.6 Å². The molecule has 0 saturated heterocycles. The Hall–Kier alpha value is -3.81. The topological polar surface area (TPSA) is 67.4 Å². The lowest BCUT2D eigenvalue weighted by Crippen LogP contribution is -2.20. The first-order valence-corrected chi connectivity index (χ1v) is 10.3. The number of halogens is 3. The number of ether oxygens (including phenoxy) is 1. The lowest BCUT2D eigenvalue weighted by atomic mass is 10.0. The van der Waals surface area contributed by atoms with Crippen molar-refractivity contribution in [3.8, 4) is 11.5 Å². The maximum Gasteiger partial charge on any atom is 0.416 e. The summed E-state index contributed by atoms with van der Waals surface area (Å²) in [6.07, 6.45) is -4.41. The van der Waals surface area contributed by atoms with Crippen LogP contribution in [0.15, 0.2) is 78.9 Å². The van der Waals surface area contributed by atoms with E-state index in [0.717, 1.165) is 12.1 Å². The first kappa shape index (κ1) is 23.8. The smallest absolute Gasteiger partial charge is 0.416 e. The van der Waals surface area contributed by atoms with Crippen LogP contribution in [0.5, 0.6) is 11.5 Å². The highest BCUT2D eigenvalue weighted by Crippen LogP contribution is 2.30. The number of carbonyl (C=O) groups is 2. The average molecular weight is 456 g/mol. The fraction of sp³-hybridized carbons (Fsp3) is 0.200. The number of hydrogen-bond acceptors (Lipinski definition) is 3. The third-order valence-corrected chi connectivity index (χ3v) is 4.66. The normalized spacial score (nSPS) is 12.0. The molecule has 8 heteroatoms.